The van der Waals surface area contributed by atoms with Crippen LogP contribution in [0.25, 0.3) is 10.9 Å². The molecule has 0 bridgehead atoms. The summed E-state index contributed by atoms with van der Waals surface area (Å²) in [5, 5.41) is 19.1. The number of carboxylic acids is 1. The molecule has 4 nitrogen and oxygen atoms in total. The molecular weight excluding hydrogens is 206 g/mol. The minimum atomic E-state index is -1.02. The van der Waals surface area contributed by atoms with Gasteiger partial charge in [0.25, 0.3) is 0 Å². The van der Waals surface area contributed by atoms with E-state index >= 15 is 0 Å². The summed E-state index contributed by atoms with van der Waals surface area (Å²) >= 11 is 0. The Bertz CT molecular complexity index is 524. The summed E-state index contributed by atoms with van der Waals surface area (Å²) < 4.78 is 0. The molecule has 0 aliphatic heterocycles. The van der Waals surface area contributed by atoms with Gasteiger partial charge in [-0.2, -0.15) is 0 Å². The molecule has 0 spiro atoms. The van der Waals surface area contributed by atoms with E-state index in [1.807, 2.05) is 6.07 Å². The number of benzene rings is 1. The predicted molar refractivity (Wildman–Crippen MR) is 59.0 cm³/mol. The fraction of sp³-hybridized carbons (Fsp3) is 0.167. The lowest BCUT2D eigenvalue weighted by molar-refractivity contribution is -0.139. The Balaban J connectivity index is 2.35. The van der Waals surface area contributed by atoms with Gasteiger partial charge >= 0.3 is 5.97 Å². The third-order valence-corrected chi connectivity index (χ3v) is 2.38. The number of fused-ring (bicyclic) bond motifs is 1. The number of hydrogen-bond donors (Lipinski definition) is 2. The number of rotatable bonds is 3. The Labute approximate surface area is 92.2 Å². The van der Waals surface area contributed by atoms with Gasteiger partial charge < -0.3 is 10.2 Å². The summed E-state index contributed by atoms with van der Waals surface area (Å²) in [7, 11) is 0. The molecule has 16 heavy (non-hydrogen) atoms. The van der Waals surface area contributed by atoms with Gasteiger partial charge in [0.2, 0.25) is 0 Å². The van der Waals surface area contributed by atoms with Gasteiger partial charge in [0.05, 0.1) is 18.0 Å². The molecule has 2 N–H and O–H groups in total. The lowest BCUT2D eigenvalue weighted by Gasteiger charge is -2.08. The minimum absolute atomic E-state index is 0.286. The van der Waals surface area contributed by atoms with Gasteiger partial charge in [0.1, 0.15) is 0 Å². The number of aliphatic hydroxyl groups is 1. The van der Waals surface area contributed by atoms with Crippen molar-refractivity contribution in [3.8, 4) is 0 Å². The van der Waals surface area contributed by atoms with Crippen LogP contribution in [0, 0.1) is 0 Å². The first kappa shape index (κ1) is 10.6. The maximum absolute atomic E-state index is 10.5. The number of aliphatic hydroxyl groups excluding tert-OH is 1. The van der Waals surface area contributed by atoms with E-state index in [-0.39, 0.29) is 6.42 Å². The minimum Gasteiger partial charge on any atom is -0.481 e. The zero-order valence-corrected chi connectivity index (χ0v) is 8.50. The third-order valence-electron chi connectivity index (χ3n) is 2.38. The quantitative estimate of drug-likeness (QED) is 0.821. The molecule has 1 unspecified atom stereocenters. The smallest absolute Gasteiger partial charge is 0.306 e. The SMILES string of the molecule is O=C(O)CC(O)c1ccc2ncccc2c1. The highest BCUT2D eigenvalue weighted by molar-refractivity contribution is 5.79. The van der Waals surface area contributed by atoms with Crippen LogP contribution in [0.1, 0.15) is 18.1 Å². The standard InChI is InChI=1S/C12H11NO3/c14-11(7-12(15)16)9-3-4-10-8(6-9)2-1-5-13-10/h1-6,11,14H,7H2,(H,15,16). The van der Waals surface area contributed by atoms with Gasteiger partial charge in [-0.25, -0.2) is 0 Å². The molecule has 0 aliphatic carbocycles. The number of carboxylic acid groups (broad SMARTS) is 1. The molecule has 0 fully saturated rings. The van der Waals surface area contributed by atoms with Crippen LogP contribution in [0.3, 0.4) is 0 Å². The molecule has 0 amide bonds. The fourth-order valence-electron chi connectivity index (χ4n) is 1.58. The van der Waals surface area contributed by atoms with Crippen molar-refractivity contribution < 1.29 is 15.0 Å². The molecule has 0 saturated heterocycles. The van der Waals surface area contributed by atoms with Crippen LogP contribution in [0.2, 0.25) is 0 Å². The van der Waals surface area contributed by atoms with Crippen molar-refractivity contribution in [2.24, 2.45) is 0 Å². The number of nitrogens with zero attached hydrogens (tertiary/aromatic N) is 1. The van der Waals surface area contributed by atoms with E-state index in [4.69, 9.17) is 5.11 Å². The van der Waals surface area contributed by atoms with Crippen molar-refractivity contribution in [3.63, 3.8) is 0 Å². The summed E-state index contributed by atoms with van der Waals surface area (Å²) in [5.74, 6) is -1.02. The average molecular weight is 217 g/mol. The van der Waals surface area contributed by atoms with Gasteiger partial charge in [-0.15, -0.1) is 0 Å². The third kappa shape index (κ3) is 2.17. The van der Waals surface area contributed by atoms with Gasteiger partial charge in [-0.05, 0) is 23.8 Å². The van der Waals surface area contributed by atoms with Crippen molar-refractivity contribution in [3.05, 3.63) is 42.1 Å². The second kappa shape index (κ2) is 4.28. The summed E-state index contributed by atoms with van der Waals surface area (Å²) in [4.78, 5) is 14.6. The van der Waals surface area contributed by atoms with Crippen molar-refractivity contribution in [1.82, 2.24) is 4.98 Å². The molecule has 0 aliphatic rings. The summed E-state index contributed by atoms with van der Waals surface area (Å²) in [6.07, 6.45) is 0.434. The number of aromatic nitrogens is 1. The van der Waals surface area contributed by atoms with E-state index in [9.17, 15) is 9.90 Å². The summed E-state index contributed by atoms with van der Waals surface area (Å²) in [6.45, 7) is 0. The van der Waals surface area contributed by atoms with Crippen molar-refractivity contribution in [2.75, 3.05) is 0 Å². The molecule has 1 aromatic heterocycles. The average Bonchev–Trinajstić information content (AvgIpc) is 2.27. The van der Waals surface area contributed by atoms with Crippen molar-refractivity contribution >= 4 is 16.9 Å². The topological polar surface area (TPSA) is 70.4 Å². The Morgan fingerprint density at radius 3 is 2.94 bits per heavy atom. The molecule has 1 heterocycles. The Morgan fingerprint density at radius 1 is 1.38 bits per heavy atom. The highest BCUT2D eigenvalue weighted by Crippen LogP contribution is 2.21. The first-order valence-electron chi connectivity index (χ1n) is 4.91. The zero-order valence-electron chi connectivity index (χ0n) is 8.50. The van der Waals surface area contributed by atoms with E-state index in [0.29, 0.717) is 5.56 Å². The van der Waals surface area contributed by atoms with E-state index in [2.05, 4.69) is 4.98 Å². The summed E-state index contributed by atoms with van der Waals surface area (Å²) in [6, 6.07) is 8.91. The van der Waals surface area contributed by atoms with Crippen LogP contribution in [-0.4, -0.2) is 21.2 Å². The number of pyridine rings is 1. The second-order valence-corrected chi connectivity index (χ2v) is 3.57. The molecular formula is C12H11NO3. The van der Waals surface area contributed by atoms with Gasteiger partial charge in [0.15, 0.2) is 0 Å². The van der Waals surface area contributed by atoms with E-state index in [0.717, 1.165) is 10.9 Å². The predicted octanol–water partition coefficient (Wildman–Crippen LogP) is 1.74. The Kier molecular flexibility index (Phi) is 2.83. The van der Waals surface area contributed by atoms with Crippen molar-refractivity contribution in [1.29, 1.82) is 0 Å². The number of aliphatic carboxylic acids is 1. The van der Waals surface area contributed by atoms with Crippen molar-refractivity contribution in [2.45, 2.75) is 12.5 Å². The largest absolute Gasteiger partial charge is 0.481 e. The first-order valence-corrected chi connectivity index (χ1v) is 4.91. The molecule has 0 radical (unpaired) electrons. The molecule has 82 valence electrons. The Hall–Kier alpha value is -1.94. The molecule has 1 aromatic carbocycles. The van der Waals surface area contributed by atoms with Crippen LogP contribution in [-0.2, 0) is 4.79 Å². The second-order valence-electron chi connectivity index (χ2n) is 3.57. The monoisotopic (exact) mass is 217 g/mol. The normalized spacial score (nSPS) is 12.6. The molecule has 0 saturated carbocycles. The van der Waals surface area contributed by atoms with E-state index in [1.165, 1.54) is 0 Å². The van der Waals surface area contributed by atoms with Crippen LogP contribution in [0.4, 0.5) is 0 Å². The highest BCUT2D eigenvalue weighted by atomic mass is 16.4. The molecule has 2 rings (SSSR count). The van der Waals surface area contributed by atoms with Crippen LogP contribution in [0.5, 0.6) is 0 Å². The number of carbonyl (C=O) groups is 1. The van der Waals surface area contributed by atoms with E-state index in [1.54, 1.807) is 30.5 Å². The summed E-state index contributed by atoms with van der Waals surface area (Å²) in [5.41, 5.74) is 1.43. The molecule has 2 aromatic rings. The van der Waals surface area contributed by atoms with Gasteiger partial charge in [0, 0.05) is 11.6 Å². The van der Waals surface area contributed by atoms with Crippen LogP contribution >= 0.6 is 0 Å². The molecule has 1 atom stereocenters. The Morgan fingerprint density at radius 2 is 2.19 bits per heavy atom. The van der Waals surface area contributed by atoms with E-state index < -0.39 is 12.1 Å². The number of hydrogen-bond acceptors (Lipinski definition) is 3. The zero-order chi connectivity index (χ0) is 11.5. The lowest BCUT2D eigenvalue weighted by atomic mass is 10.0. The molecule has 4 heteroatoms. The maximum atomic E-state index is 10.5. The maximum Gasteiger partial charge on any atom is 0.306 e. The van der Waals surface area contributed by atoms with Gasteiger partial charge in [-0.3, -0.25) is 9.78 Å². The van der Waals surface area contributed by atoms with Gasteiger partial charge in [-0.1, -0.05) is 12.1 Å². The fourth-order valence-corrected chi connectivity index (χ4v) is 1.58. The van der Waals surface area contributed by atoms with Crippen LogP contribution < -0.4 is 0 Å². The van der Waals surface area contributed by atoms with Crippen LogP contribution in [0.15, 0.2) is 36.5 Å². The highest BCUT2D eigenvalue weighted by Gasteiger charge is 2.12. The lowest BCUT2D eigenvalue weighted by Crippen LogP contribution is -2.05. The first-order chi connectivity index (χ1) is 7.66.